The van der Waals surface area contributed by atoms with Crippen LogP contribution in [0, 0.1) is 0 Å². The van der Waals surface area contributed by atoms with Gasteiger partial charge in [0.2, 0.25) is 0 Å². The van der Waals surface area contributed by atoms with Gasteiger partial charge in [0, 0.05) is 6.04 Å². The first-order chi connectivity index (χ1) is 8.00. The fourth-order valence-corrected chi connectivity index (χ4v) is 1.57. The summed E-state index contributed by atoms with van der Waals surface area (Å²) in [6.45, 7) is 0. The van der Waals surface area contributed by atoms with Crippen LogP contribution in [0.5, 0.6) is 0 Å². The fourth-order valence-electron chi connectivity index (χ4n) is 1.57. The lowest BCUT2D eigenvalue weighted by Crippen LogP contribution is -2.28. The van der Waals surface area contributed by atoms with Gasteiger partial charge >= 0.3 is 5.97 Å². The van der Waals surface area contributed by atoms with E-state index in [1.807, 2.05) is 0 Å². The van der Waals surface area contributed by atoms with Gasteiger partial charge in [-0.05, 0) is 25.7 Å². The number of nitrogens with two attached hydrogens (primary N) is 2. The van der Waals surface area contributed by atoms with E-state index in [2.05, 4.69) is 10.2 Å². The van der Waals surface area contributed by atoms with Crippen LogP contribution in [0.2, 0.25) is 0 Å². The Balaban J connectivity index is 0.000000171. The van der Waals surface area contributed by atoms with Crippen molar-refractivity contribution >= 4 is 11.7 Å². The summed E-state index contributed by atoms with van der Waals surface area (Å²) >= 11 is 0. The van der Waals surface area contributed by atoms with Crippen LogP contribution in [0.1, 0.15) is 36.2 Å². The summed E-state index contributed by atoms with van der Waals surface area (Å²) in [4.78, 5) is 10.1. The molecule has 0 aromatic carbocycles. The number of hydrogen-bond donors (Lipinski definition) is 5. The van der Waals surface area contributed by atoms with Crippen molar-refractivity contribution in [2.45, 2.75) is 37.8 Å². The molecule has 1 aliphatic carbocycles. The highest BCUT2D eigenvalue weighted by Gasteiger charge is 2.14. The molecule has 7 nitrogen and oxygen atoms in total. The molecule has 0 aliphatic heterocycles. The van der Waals surface area contributed by atoms with Crippen LogP contribution in [-0.4, -0.2) is 38.5 Å². The number of nitrogen functional groups attached to an aromatic ring is 1. The normalized spacial score (nSPS) is 23.6. The lowest BCUT2D eigenvalue weighted by Gasteiger charge is -2.21. The van der Waals surface area contributed by atoms with E-state index in [1.54, 1.807) is 0 Å². The number of carbonyl (C=O) groups is 1. The fraction of sp³-hybridized carbons (Fsp3) is 0.600. The van der Waals surface area contributed by atoms with Gasteiger partial charge in [0.1, 0.15) is 0 Å². The summed E-state index contributed by atoms with van der Waals surface area (Å²) in [5.41, 5.74) is 10.8. The molecule has 1 aromatic rings. The standard InChI is InChI=1S/C6H13NO.C4H5N3O2/c7-5-1-3-6(8)4-2-5;5-2-1-6-7-3(2)4(8)9/h5-6,8H,1-4,7H2;1H,5H2,(H,6,7)(H,8,9). The number of hydrogen-bond acceptors (Lipinski definition) is 5. The number of H-pyrrole nitrogens is 1. The zero-order valence-electron chi connectivity index (χ0n) is 9.47. The van der Waals surface area contributed by atoms with E-state index in [4.69, 9.17) is 21.7 Å². The number of aromatic nitrogens is 2. The zero-order valence-corrected chi connectivity index (χ0v) is 9.47. The van der Waals surface area contributed by atoms with Crippen molar-refractivity contribution in [2.24, 2.45) is 5.73 Å². The monoisotopic (exact) mass is 242 g/mol. The summed E-state index contributed by atoms with van der Waals surface area (Å²) in [7, 11) is 0. The van der Waals surface area contributed by atoms with Gasteiger partial charge in [0.25, 0.3) is 0 Å². The Morgan fingerprint density at radius 1 is 1.41 bits per heavy atom. The second-order valence-corrected chi connectivity index (χ2v) is 4.07. The molecule has 1 aliphatic rings. The molecule has 2 rings (SSSR count). The highest BCUT2D eigenvalue weighted by atomic mass is 16.4. The number of aliphatic hydroxyl groups is 1. The molecule has 0 radical (unpaired) electrons. The van der Waals surface area contributed by atoms with Crippen molar-refractivity contribution in [3.63, 3.8) is 0 Å². The minimum atomic E-state index is -1.09. The molecule has 7 N–H and O–H groups in total. The van der Waals surface area contributed by atoms with E-state index in [0.29, 0.717) is 6.04 Å². The molecule has 0 bridgehead atoms. The number of anilines is 1. The number of carboxylic acid groups (broad SMARTS) is 1. The zero-order chi connectivity index (χ0) is 12.8. The maximum Gasteiger partial charge on any atom is 0.356 e. The van der Waals surface area contributed by atoms with E-state index in [-0.39, 0.29) is 17.5 Å². The van der Waals surface area contributed by atoms with E-state index >= 15 is 0 Å². The van der Waals surface area contributed by atoms with Crippen LogP contribution in [-0.2, 0) is 0 Å². The third-order valence-electron chi connectivity index (χ3n) is 2.62. The minimum absolute atomic E-state index is 0.0602. The largest absolute Gasteiger partial charge is 0.476 e. The van der Waals surface area contributed by atoms with Gasteiger partial charge in [0.05, 0.1) is 18.0 Å². The Labute approximate surface area is 98.8 Å². The third-order valence-corrected chi connectivity index (χ3v) is 2.62. The maximum absolute atomic E-state index is 10.1. The van der Waals surface area contributed by atoms with Gasteiger partial charge in [-0.15, -0.1) is 0 Å². The first kappa shape index (κ1) is 13.5. The van der Waals surface area contributed by atoms with Crippen molar-refractivity contribution in [1.82, 2.24) is 10.2 Å². The Morgan fingerprint density at radius 3 is 2.29 bits per heavy atom. The molecular weight excluding hydrogens is 224 g/mol. The summed E-state index contributed by atoms with van der Waals surface area (Å²) in [6.07, 6.45) is 5.00. The minimum Gasteiger partial charge on any atom is -0.476 e. The molecule has 0 saturated heterocycles. The van der Waals surface area contributed by atoms with Crippen molar-refractivity contribution in [3.8, 4) is 0 Å². The molecule has 1 heterocycles. The van der Waals surface area contributed by atoms with Gasteiger partial charge in [-0.25, -0.2) is 4.79 Å². The van der Waals surface area contributed by atoms with Gasteiger partial charge in [-0.1, -0.05) is 0 Å². The topological polar surface area (TPSA) is 138 Å². The van der Waals surface area contributed by atoms with Crippen molar-refractivity contribution in [3.05, 3.63) is 11.9 Å². The molecule has 0 spiro atoms. The summed E-state index contributed by atoms with van der Waals surface area (Å²) in [6, 6.07) is 0.360. The van der Waals surface area contributed by atoms with Gasteiger partial charge in [-0.2, -0.15) is 5.10 Å². The molecular formula is C10H18N4O3. The second-order valence-electron chi connectivity index (χ2n) is 4.07. The Bertz CT molecular complexity index is 348. The Morgan fingerprint density at radius 2 is 2.00 bits per heavy atom. The number of nitrogens with zero attached hydrogens (tertiary/aromatic N) is 1. The van der Waals surface area contributed by atoms with Crippen molar-refractivity contribution in [2.75, 3.05) is 5.73 Å². The first-order valence-corrected chi connectivity index (χ1v) is 5.46. The third kappa shape index (κ3) is 4.41. The number of aliphatic hydroxyl groups excluding tert-OH is 1. The van der Waals surface area contributed by atoms with Crippen LogP contribution in [0.4, 0.5) is 5.69 Å². The van der Waals surface area contributed by atoms with Gasteiger partial charge < -0.3 is 21.7 Å². The van der Waals surface area contributed by atoms with Crippen LogP contribution >= 0.6 is 0 Å². The average Bonchev–Trinajstić information content (AvgIpc) is 2.70. The van der Waals surface area contributed by atoms with E-state index < -0.39 is 5.97 Å². The number of aromatic carboxylic acids is 1. The molecule has 0 amide bonds. The van der Waals surface area contributed by atoms with Crippen molar-refractivity contribution < 1.29 is 15.0 Å². The van der Waals surface area contributed by atoms with Crippen LogP contribution in [0.25, 0.3) is 0 Å². The maximum atomic E-state index is 10.1. The quantitative estimate of drug-likeness (QED) is 0.467. The summed E-state index contributed by atoms with van der Waals surface area (Å²) < 4.78 is 0. The van der Waals surface area contributed by atoms with Gasteiger partial charge in [0.15, 0.2) is 5.69 Å². The molecule has 7 heteroatoms. The average molecular weight is 242 g/mol. The predicted octanol–water partition coefficient (Wildman–Crippen LogP) is -0.0613. The lowest BCUT2D eigenvalue weighted by molar-refractivity contribution is 0.0691. The van der Waals surface area contributed by atoms with E-state index in [0.717, 1.165) is 25.7 Å². The Kier molecular flexibility index (Phi) is 4.92. The number of carboxylic acids is 1. The molecule has 1 saturated carbocycles. The first-order valence-electron chi connectivity index (χ1n) is 5.46. The number of rotatable bonds is 1. The second kappa shape index (κ2) is 6.21. The van der Waals surface area contributed by atoms with Crippen LogP contribution in [0.3, 0.4) is 0 Å². The SMILES string of the molecule is NC1CCC(O)CC1.Nc1cn[nH]c1C(=O)O. The van der Waals surface area contributed by atoms with E-state index in [1.165, 1.54) is 6.20 Å². The van der Waals surface area contributed by atoms with Crippen LogP contribution in [0.15, 0.2) is 6.20 Å². The number of nitrogens with one attached hydrogen (secondary N) is 1. The molecule has 96 valence electrons. The van der Waals surface area contributed by atoms with Gasteiger partial charge in [-0.3, -0.25) is 5.10 Å². The van der Waals surface area contributed by atoms with Crippen molar-refractivity contribution in [1.29, 1.82) is 0 Å². The highest BCUT2D eigenvalue weighted by molar-refractivity contribution is 5.90. The summed E-state index contributed by atoms with van der Waals surface area (Å²) in [5, 5.41) is 22.9. The molecule has 0 atom stereocenters. The molecule has 0 unspecified atom stereocenters. The predicted molar refractivity (Wildman–Crippen MR) is 62.4 cm³/mol. The Hall–Kier alpha value is -1.60. The van der Waals surface area contributed by atoms with Crippen LogP contribution < -0.4 is 11.5 Å². The molecule has 17 heavy (non-hydrogen) atoms. The number of aromatic amines is 1. The molecule has 1 fully saturated rings. The van der Waals surface area contributed by atoms with E-state index in [9.17, 15) is 4.79 Å². The molecule has 1 aromatic heterocycles. The lowest BCUT2D eigenvalue weighted by atomic mass is 9.94. The summed E-state index contributed by atoms with van der Waals surface area (Å²) in [5.74, 6) is -1.09. The highest BCUT2D eigenvalue weighted by Crippen LogP contribution is 2.15. The smallest absolute Gasteiger partial charge is 0.356 e.